The molecular formula is C31H23F3N8O. The summed E-state index contributed by atoms with van der Waals surface area (Å²) < 4.78 is 42.3. The largest absolute Gasteiger partial charge is 0.416 e. The number of aromatic nitrogens is 6. The molecule has 0 atom stereocenters. The van der Waals surface area contributed by atoms with Crippen LogP contribution in [-0.4, -0.2) is 35.6 Å². The lowest BCUT2D eigenvalue weighted by molar-refractivity contribution is -0.137. The minimum Gasteiger partial charge on any atom is -0.339 e. The highest BCUT2D eigenvalue weighted by Crippen LogP contribution is 2.35. The Labute approximate surface area is 243 Å². The van der Waals surface area contributed by atoms with Crippen LogP contribution in [0.3, 0.4) is 0 Å². The van der Waals surface area contributed by atoms with Crippen LogP contribution < -0.4 is 10.2 Å². The molecule has 9 nitrogen and oxygen atoms in total. The number of amides is 1. The lowest BCUT2D eigenvalue weighted by Crippen LogP contribution is -2.26. The van der Waals surface area contributed by atoms with E-state index in [4.69, 9.17) is 0 Å². The molecule has 214 valence electrons. The van der Waals surface area contributed by atoms with Gasteiger partial charge >= 0.3 is 6.18 Å². The molecule has 0 spiro atoms. The number of carbonyl (C=O) groups is 1. The number of anilines is 4. The van der Waals surface area contributed by atoms with E-state index < -0.39 is 17.6 Å². The van der Waals surface area contributed by atoms with Gasteiger partial charge in [-0.25, -0.2) is 15.0 Å². The Balaban J connectivity index is 1.42. The maximum atomic E-state index is 14.0. The molecule has 43 heavy (non-hydrogen) atoms. The first-order valence-corrected chi connectivity index (χ1v) is 13.1. The summed E-state index contributed by atoms with van der Waals surface area (Å²) in [4.78, 5) is 33.0. The number of halogens is 3. The van der Waals surface area contributed by atoms with Gasteiger partial charge in [-0.05, 0) is 55.0 Å². The number of hydrogen-bond donors (Lipinski definition) is 1. The maximum absolute atomic E-state index is 14.0. The first-order chi connectivity index (χ1) is 20.7. The highest BCUT2D eigenvalue weighted by Gasteiger charge is 2.32. The van der Waals surface area contributed by atoms with Crippen molar-refractivity contribution in [3.63, 3.8) is 0 Å². The van der Waals surface area contributed by atoms with E-state index >= 15 is 0 Å². The molecule has 6 aromatic rings. The molecule has 3 heterocycles. The number of nitrogens with one attached hydrogen (secondary N) is 1. The van der Waals surface area contributed by atoms with Crippen molar-refractivity contribution in [2.24, 2.45) is 7.05 Å². The molecule has 0 radical (unpaired) electrons. The van der Waals surface area contributed by atoms with Gasteiger partial charge in [-0.3, -0.25) is 19.4 Å². The summed E-state index contributed by atoms with van der Waals surface area (Å²) >= 11 is 0. The Morgan fingerprint density at radius 2 is 1.70 bits per heavy atom. The van der Waals surface area contributed by atoms with Gasteiger partial charge in [-0.2, -0.15) is 18.3 Å². The van der Waals surface area contributed by atoms with Crippen molar-refractivity contribution in [2.75, 3.05) is 10.2 Å². The summed E-state index contributed by atoms with van der Waals surface area (Å²) in [5, 5.41) is 8.26. The molecule has 0 unspecified atom stereocenters. The molecule has 12 heteroatoms. The second-order valence-corrected chi connectivity index (χ2v) is 9.67. The molecule has 0 aliphatic heterocycles. The summed E-state index contributed by atoms with van der Waals surface area (Å²) in [6.45, 7) is 1.86. The number of fused-ring (bicyclic) bond motifs is 1. The Morgan fingerprint density at radius 1 is 0.907 bits per heavy atom. The molecule has 1 amide bonds. The summed E-state index contributed by atoms with van der Waals surface area (Å²) in [6, 6.07) is 18.3. The van der Waals surface area contributed by atoms with E-state index in [1.807, 2.05) is 6.92 Å². The van der Waals surface area contributed by atoms with Crippen LogP contribution in [0.15, 0.2) is 97.6 Å². The van der Waals surface area contributed by atoms with Gasteiger partial charge in [0.05, 0.1) is 23.3 Å². The fourth-order valence-corrected chi connectivity index (χ4v) is 4.57. The minimum absolute atomic E-state index is 0.0857. The van der Waals surface area contributed by atoms with Gasteiger partial charge in [0.15, 0.2) is 11.5 Å². The minimum atomic E-state index is -4.57. The van der Waals surface area contributed by atoms with Crippen LogP contribution in [0.5, 0.6) is 0 Å². The number of benzene rings is 3. The second kappa shape index (κ2) is 11.0. The number of rotatable bonds is 6. The van der Waals surface area contributed by atoms with Crippen LogP contribution in [-0.2, 0) is 13.2 Å². The molecule has 0 aliphatic rings. The van der Waals surface area contributed by atoms with Crippen molar-refractivity contribution in [1.29, 1.82) is 0 Å². The highest BCUT2D eigenvalue weighted by molar-refractivity contribution is 6.11. The van der Waals surface area contributed by atoms with Crippen molar-refractivity contribution >= 4 is 39.8 Å². The van der Waals surface area contributed by atoms with Crippen LogP contribution in [0.4, 0.5) is 36.1 Å². The Kier molecular flexibility index (Phi) is 7.02. The lowest BCUT2D eigenvalue weighted by atomic mass is 10.1. The quantitative estimate of drug-likeness (QED) is 0.229. The average Bonchev–Trinajstić information content (AvgIpc) is 3.39. The zero-order valence-electron chi connectivity index (χ0n) is 22.9. The van der Waals surface area contributed by atoms with E-state index in [2.05, 4.69) is 30.4 Å². The van der Waals surface area contributed by atoms with Crippen molar-refractivity contribution < 1.29 is 18.0 Å². The number of hydrogen-bond acceptors (Lipinski definition) is 7. The van der Waals surface area contributed by atoms with Crippen LogP contribution in [0.1, 0.15) is 21.5 Å². The molecule has 0 bridgehead atoms. The third kappa shape index (κ3) is 5.49. The topological polar surface area (TPSA) is 102 Å². The molecule has 3 aromatic carbocycles. The zero-order valence-corrected chi connectivity index (χ0v) is 22.9. The smallest absolute Gasteiger partial charge is 0.339 e. The van der Waals surface area contributed by atoms with E-state index in [9.17, 15) is 18.0 Å². The molecular weight excluding hydrogens is 557 g/mol. The molecule has 0 aliphatic carbocycles. The lowest BCUT2D eigenvalue weighted by Gasteiger charge is -2.24. The van der Waals surface area contributed by atoms with Gasteiger partial charge in [0, 0.05) is 42.1 Å². The van der Waals surface area contributed by atoms with Crippen molar-refractivity contribution in [1.82, 2.24) is 29.7 Å². The number of para-hydroxylation sites is 1. The monoisotopic (exact) mass is 580 g/mol. The van der Waals surface area contributed by atoms with Crippen LogP contribution >= 0.6 is 0 Å². The van der Waals surface area contributed by atoms with E-state index in [0.29, 0.717) is 39.7 Å². The summed E-state index contributed by atoms with van der Waals surface area (Å²) in [5.74, 6) is 0.253. The van der Waals surface area contributed by atoms with E-state index in [-0.39, 0.29) is 11.3 Å². The van der Waals surface area contributed by atoms with Crippen LogP contribution in [0.25, 0.3) is 22.6 Å². The van der Waals surface area contributed by atoms with Crippen LogP contribution in [0.2, 0.25) is 0 Å². The second-order valence-electron chi connectivity index (χ2n) is 9.67. The first kappa shape index (κ1) is 27.5. The van der Waals surface area contributed by atoms with Crippen LogP contribution in [0, 0.1) is 6.92 Å². The predicted octanol–water partition coefficient (Wildman–Crippen LogP) is 6.87. The fourth-order valence-electron chi connectivity index (χ4n) is 4.57. The van der Waals surface area contributed by atoms with Gasteiger partial charge in [0.25, 0.3) is 5.91 Å². The van der Waals surface area contributed by atoms with E-state index in [1.165, 1.54) is 17.0 Å². The summed E-state index contributed by atoms with van der Waals surface area (Å²) in [5.41, 5.74) is 2.30. The number of alkyl halides is 3. The van der Waals surface area contributed by atoms with E-state index in [1.54, 1.807) is 85.0 Å². The Morgan fingerprint density at radius 3 is 2.44 bits per heavy atom. The third-order valence-corrected chi connectivity index (χ3v) is 6.77. The van der Waals surface area contributed by atoms with Crippen molar-refractivity contribution in [3.8, 4) is 11.5 Å². The van der Waals surface area contributed by atoms with Gasteiger partial charge < -0.3 is 5.32 Å². The van der Waals surface area contributed by atoms with Gasteiger partial charge in [0.1, 0.15) is 11.5 Å². The summed E-state index contributed by atoms with van der Waals surface area (Å²) in [6.07, 6.45) is 1.71. The Hall–Kier alpha value is -5.65. The number of carbonyl (C=O) groups excluding carboxylic acids is 1. The molecule has 3 aromatic heterocycles. The fraction of sp³-hybridized carbons (Fsp3) is 0.0968. The van der Waals surface area contributed by atoms with E-state index in [0.717, 1.165) is 17.7 Å². The third-order valence-electron chi connectivity index (χ3n) is 6.77. The number of aryl methyl sites for hydroxylation is 2. The molecule has 0 fully saturated rings. The normalized spacial score (nSPS) is 11.5. The van der Waals surface area contributed by atoms with Gasteiger partial charge in [-0.15, -0.1) is 0 Å². The highest BCUT2D eigenvalue weighted by atomic mass is 19.4. The number of nitrogens with zero attached hydrogens (tertiary/aromatic N) is 7. The van der Waals surface area contributed by atoms with Gasteiger partial charge in [-0.1, -0.05) is 30.3 Å². The first-order valence-electron chi connectivity index (χ1n) is 13.1. The van der Waals surface area contributed by atoms with Crippen molar-refractivity contribution in [3.05, 3.63) is 114 Å². The Bertz CT molecular complexity index is 1940. The molecule has 0 saturated carbocycles. The predicted molar refractivity (Wildman–Crippen MR) is 156 cm³/mol. The van der Waals surface area contributed by atoms with Crippen molar-refractivity contribution in [2.45, 2.75) is 13.1 Å². The zero-order chi connectivity index (χ0) is 30.1. The SMILES string of the molecule is Cc1ccc(C(=O)N(c2ccccc2)c2cccc(C(F)(F)F)c2)cc1Nc1nc(-c2cnccn2)nc2c1cnn2C. The summed E-state index contributed by atoms with van der Waals surface area (Å²) in [7, 11) is 1.76. The van der Waals surface area contributed by atoms with Gasteiger partial charge in [0.2, 0.25) is 0 Å². The maximum Gasteiger partial charge on any atom is 0.416 e. The standard InChI is InChI=1S/C31H23F3N8O/c1-19-11-12-20(30(43)42(22-8-4-3-5-9-22)23-10-6-7-21(16-23)31(32,33)34)15-25(19)38-27-24-17-37-41(2)29(24)40-28(39-27)26-18-35-13-14-36-26/h3-18H,1-2H3,(H,38,39,40). The average molecular weight is 581 g/mol. The molecule has 0 saturated heterocycles. The molecule has 6 rings (SSSR count). The molecule has 1 N–H and O–H groups in total.